The Labute approximate surface area is 153 Å². The number of halogens is 1. The van der Waals surface area contributed by atoms with Crippen molar-refractivity contribution < 1.29 is 4.79 Å². The van der Waals surface area contributed by atoms with E-state index < -0.39 is 0 Å². The third-order valence-corrected chi connectivity index (χ3v) is 6.73. The van der Waals surface area contributed by atoms with Crippen LogP contribution in [0.5, 0.6) is 0 Å². The zero-order chi connectivity index (χ0) is 15.2. The van der Waals surface area contributed by atoms with E-state index in [9.17, 15) is 4.79 Å². The molecule has 1 atom stereocenters. The topological polar surface area (TPSA) is 41.1 Å². The fourth-order valence-corrected chi connectivity index (χ4v) is 5.31. The van der Waals surface area contributed by atoms with Crippen molar-refractivity contribution in [2.24, 2.45) is 0 Å². The van der Waals surface area contributed by atoms with Crippen molar-refractivity contribution in [1.82, 2.24) is 5.32 Å². The highest BCUT2D eigenvalue weighted by Crippen LogP contribution is 2.38. The summed E-state index contributed by atoms with van der Waals surface area (Å²) in [6, 6.07) is 8.54. The summed E-state index contributed by atoms with van der Waals surface area (Å²) in [6.45, 7) is 1.01. The number of rotatable bonds is 5. The molecule has 1 unspecified atom stereocenters. The van der Waals surface area contributed by atoms with Crippen LogP contribution in [0.1, 0.15) is 32.1 Å². The first-order chi connectivity index (χ1) is 10.8. The maximum Gasteiger partial charge on any atom is 0.226 e. The Bertz CT molecular complexity index is 503. The predicted octanol–water partition coefficient (Wildman–Crippen LogP) is 4.18. The minimum Gasteiger partial charge on any atom is -0.325 e. The molecule has 128 valence electrons. The van der Waals surface area contributed by atoms with Crippen LogP contribution in [0.2, 0.25) is 0 Å². The van der Waals surface area contributed by atoms with E-state index in [-0.39, 0.29) is 18.3 Å². The molecule has 1 amide bonds. The molecule has 1 aromatic carbocycles. The van der Waals surface area contributed by atoms with Gasteiger partial charge in [0.05, 0.1) is 5.69 Å². The molecular weight excluding hydrogens is 348 g/mol. The molecule has 23 heavy (non-hydrogen) atoms. The number of para-hydroxylation sites is 1. The second-order valence-electron chi connectivity index (χ2n) is 6.00. The first-order valence-corrected chi connectivity index (χ1v) is 10.2. The van der Waals surface area contributed by atoms with Crippen LogP contribution in [0.15, 0.2) is 29.2 Å². The van der Waals surface area contributed by atoms with Crippen molar-refractivity contribution in [1.29, 1.82) is 0 Å². The number of carbonyl (C=O) groups is 1. The Hall–Kier alpha value is -0.360. The largest absolute Gasteiger partial charge is 0.325 e. The lowest BCUT2D eigenvalue weighted by molar-refractivity contribution is -0.116. The number of nitrogens with one attached hydrogen (secondary N) is 2. The van der Waals surface area contributed by atoms with Gasteiger partial charge in [-0.3, -0.25) is 4.79 Å². The van der Waals surface area contributed by atoms with Crippen LogP contribution in [0.4, 0.5) is 5.69 Å². The van der Waals surface area contributed by atoms with E-state index in [0.29, 0.717) is 12.5 Å². The van der Waals surface area contributed by atoms with Crippen molar-refractivity contribution in [2.75, 3.05) is 23.4 Å². The summed E-state index contributed by atoms with van der Waals surface area (Å²) in [4.78, 5) is 13.5. The maximum atomic E-state index is 12.3. The standard InChI is InChI=1S/C17H24N2OS2.ClH/c20-17(11-13-12-21-10-9-18-13)19-15-7-3-4-8-16(15)22-14-5-1-2-6-14;/h3-4,7-8,13-14,18H,1-2,5-6,9-12H2,(H,19,20);1H. The van der Waals surface area contributed by atoms with Crippen molar-refractivity contribution >= 4 is 47.5 Å². The molecule has 0 radical (unpaired) electrons. The Kier molecular flexibility index (Phi) is 8.10. The van der Waals surface area contributed by atoms with Gasteiger partial charge in [-0.05, 0) is 25.0 Å². The van der Waals surface area contributed by atoms with Crippen molar-refractivity contribution in [3.63, 3.8) is 0 Å². The normalized spacial score (nSPS) is 21.7. The first kappa shape index (κ1) is 19.0. The molecule has 2 fully saturated rings. The van der Waals surface area contributed by atoms with Crippen molar-refractivity contribution in [3.05, 3.63) is 24.3 Å². The molecule has 1 heterocycles. The molecule has 1 saturated heterocycles. The molecule has 1 saturated carbocycles. The third kappa shape index (κ3) is 5.89. The lowest BCUT2D eigenvalue weighted by Crippen LogP contribution is -2.39. The Morgan fingerprint density at radius 2 is 2.09 bits per heavy atom. The smallest absolute Gasteiger partial charge is 0.226 e. The van der Waals surface area contributed by atoms with Crippen molar-refractivity contribution in [3.8, 4) is 0 Å². The average molecular weight is 373 g/mol. The molecule has 1 aliphatic heterocycles. The highest BCUT2D eigenvalue weighted by molar-refractivity contribution is 8.00. The molecule has 6 heteroatoms. The van der Waals surface area contributed by atoms with Crippen LogP contribution in [-0.2, 0) is 4.79 Å². The second-order valence-corrected chi connectivity index (χ2v) is 8.49. The highest BCUT2D eigenvalue weighted by atomic mass is 35.5. The van der Waals surface area contributed by atoms with Gasteiger partial charge >= 0.3 is 0 Å². The summed E-state index contributed by atoms with van der Waals surface area (Å²) >= 11 is 3.86. The van der Waals surface area contributed by atoms with Crippen LogP contribution in [-0.4, -0.2) is 35.2 Å². The van der Waals surface area contributed by atoms with Gasteiger partial charge in [-0.2, -0.15) is 11.8 Å². The fraction of sp³-hybridized carbons (Fsp3) is 0.588. The number of carbonyl (C=O) groups excluding carboxylic acids is 1. The van der Waals surface area contributed by atoms with E-state index in [1.54, 1.807) is 0 Å². The zero-order valence-corrected chi connectivity index (χ0v) is 15.7. The number of amides is 1. The molecule has 3 nitrogen and oxygen atoms in total. The van der Waals surface area contributed by atoms with Crippen LogP contribution in [0.25, 0.3) is 0 Å². The van der Waals surface area contributed by atoms with Gasteiger partial charge in [-0.25, -0.2) is 0 Å². The van der Waals surface area contributed by atoms with Crippen molar-refractivity contribution in [2.45, 2.75) is 48.3 Å². The summed E-state index contributed by atoms with van der Waals surface area (Å²) in [7, 11) is 0. The Morgan fingerprint density at radius 3 is 2.83 bits per heavy atom. The van der Waals surface area contributed by atoms with E-state index in [1.807, 2.05) is 35.7 Å². The van der Waals surface area contributed by atoms with Gasteiger partial charge in [0.25, 0.3) is 0 Å². The summed E-state index contributed by atoms with van der Waals surface area (Å²) < 4.78 is 0. The quantitative estimate of drug-likeness (QED) is 0.813. The lowest BCUT2D eigenvalue weighted by atomic mass is 10.2. The van der Waals surface area contributed by atoms with Gasteiger partial charge in [0.15, 0.2) is 0 Å². The molecule has 0 aromatic heterocycles. The maximum absolute atomic E-state index is 12.3. The molecular formula is C17H25ClN2OS2. The number of thioether (sulfide) groups is 2. The summed E-state index contributed by atoms with van der Waals surface area (Å²) in [5, 5.41) is 7.26. The molecule has 1 aromatic rings. The first-order valence-electron chi connectivity index (χ1n) is 8.18. The molecule has 3 rings (SSSR count). The van der Waals surface area contributed by atoms with E-state index in [4.69, 9.17) is 0 Å². The van der Waals surface area contributed by atoms with E-state index in [0.717, 1.165) is 29.0 Å². The number of hydrogen-bond donors (Lipinski definition) is 2. The Balaban J connectivity index is 0.00000192. The van der Waals surface area contributed by atoms with Gasteiger partial charge in [0, 0.05) is 40.7 Å². The van der Waals surface area contributed by atoms with E-state index in [1.165, 1.54) is 30.6 Å². The van der Waals surface area contributed by atoms with Crippen LogP contribution in [0.3, 0.4) is 0 Å². The minimum atomic E-state index is 0. The lowest BCUT2D eigenvalue weighted by Gasteiger charge is -2.22. The molecule has 0 bridgehead atoms. The van der Waals surface area contributed by atoms with Gasteiger partial charge in [0.1, 0.15) is 0 Å². The monoisotopic (exact) mass is 372 g/mol. The number of anilines is 1. The summed E-state index contributed by atoms with van der Waals surface area (Å²) in [5.74, 6) is 2.31. The summed E-state index contributed by atoms with van der Waals surface area (Å²) in [5.41, 5.74) is 0.980. The molecule has 0 spiro atoms. The van der Waals surface area contributed by atoms with E-state index in [2.05, 4.69) is 22.8 Å². The average Bonchev–Trinajstić information content (AvgIpc) is 3.03. The number of benzene rings is 1. The summed E-state index contributed by atoms with van der Waals surface area (Å²) in [6.07, 6.45) is 5.86. The van der Waals surface area contributed by atoms with Crippen LogP contribution in [0, 0.1) is 0 Å². The zero-order valence-electron chi connectivity index (χ0n) is 13.3. The van der Waals surface area contributed by atoms with Gasteiger partial charge in [0.2, 0.25) is 5.91 Å². The Morgan fingerprint density at radius 1 is 1.30 bits per heavy atom. The van der Waals surface area contributed by atoms with Gasteiger partial charge < -0.3 is 10.6 Å². The minimum absolute atomic E-state index is 0. The molecule has 2 N–H and O–H groups in total. The van der Waals surface area contributed by atoms with Crippen LogP contribution < -0.4 is 10.6 Å². The SMILES string of the molecule is Cl.O=C(CC1CSCCN1)Nc1ccccc1SC1CCCC1. The molecule has 2 aliphatic rings. The molecule has 1 aliphatic carbocycles. The second kappa shape index (κ2) is 9.82. The van der Waals surface area contributed by atoms with Gasteiger partial charge in [-0.15, -0.1) is 24.2 Å². The van der Waals surface area contributed by atoms with Crippen LogP contribution >= 0.6 is 35.9 Å². The predicted molar refractivity (Wildman–Crippen MR) is 104 cm³/mol. The third-order valence-electron chi connectivity index (χ3n) is 4.19. The number of hydrogen-bond acceptors (Lipinski definition) is 4. The van der Waals surface area contributed by atoms with Gasteiger partial charge in [-0.1, -0.05) is 25.0 Å². The van der Waals surface area contributed by atoms with E-state index >= 15 is 0 Å². The fourth-order valence-electron chi connectivity index (χ4n) is 3.03. The highest BCUT2D eigenvalue weighted by Gasteiger charge is 2.20.